The summed E-state index contributed by atoms with van der Waals surface area (Å²) in [6.07, 6.45) is 0. The summed E-state index contributed by atoms with van der Waals surface area (Å²) >= 11 is 0. The Labute approximate surface area is 224 Å². The average Bonchev–Trinajstić information content (AvgIpc) is 2.96. The van der Waals surface area contributed by atoms with E-state index in [-0.39, 0.29) is 0 Å². The van der Waals surface area contributed by atoms with Gasteiger partial charge in [0.1, 0.15) is 0 Å². The molecule has 2 heteroatoms. The molecule has 0 radical (unpaired) electrons. The van der Waals surface area contributed by atoms with Crippen molar-refractivity contribution in [1.82, 2.24) is 0 Å². The molecule has 0 saturated heterocycles. The molecule has 38 heavy (non-hydrogen) atoms. The molecule has 7 rings (SSSR count). The van der Waals surface area contributed by atoms with E-state index in [1.807, 2.05) is 0 Å². The summed E-state index contributed by atoms with van der Waals surface area (Å²) in [5, 5.41) is 5.13. The fourth-order valence-corrected chi connectivity index (χ4v) is 6.14. The van der Waals surface area contributed by atoms with Gasteiger partial charge in [-0.25, -0.2) is 0 Å². The number of para-hydroxylation sites is 1. The lowest BCUT2D eigenvalue weighted by atomic mass is 9.90. The third-order valence-electron chi connectivity index (χ3n) is 7.90. The fourth-order valence-electron chi connectivity index (χ4n) is 6.14. The van der Waals surface area contributed by atoms with Gasteiger partial charge in [-0.3, -0.25) is 0 Å². The number of hydrogen-bond acceptors (Lipinski definition) is 2. The van der Waals surface area contributed by atoms with E-state index in [0.29, 0.717) is 0 Å². The first-order valence-corrected chi connectivity index (χ1v) is 13.3. The molecule has 0 fully saturated rings. The van der Waals surface area contributed by atoms with Crippen LogP contribution in [0.4, 0.5) is 11.4 Å². The molecule has 1 aliphatic heterocycles. The molecule has 4 bridgehead atoms. The Hall–Kier alpha value is -4.56. The van der Waals surface area contributed by atoms with Crippen molar-refractivity contribution in [2.75, 3.05) is 23.9 Å². The molecule has 184 valence electrons. The van der Waals surface area contributed by atoms with Crippen molar-refractivity contribution < 1.29 is 0 Å². The van der Waals surface area contributed by atoms with Crippen LogP contribution < -0.4 is 9.80 Å². The van der Waals surface area contributed by atoms with Gasteiger partial charge in [-0.1, -0.05) is 91.0 Å². The fraction of sp³-hybridized carbons (Fsp3) is 0.111. The molecule has 0 aliphatic carbocycles. The maximum atomic E-state index is 2.42. The minimum atomic E-state index is 0.824. The summed E-state index contributed by atoms with van der Waals surface area (Å²) in [5.41, 5.74) is 10.2. The molecule has 0 saturated carbocycles. The SMILES string of the molecule is CN1Cc2cc(c3ccccc3c2)-c2c(ccc3ccccc23)N(C)Cc2cccc(c2)-c2ccccc21. The van der Waals surface area contributed by atoms with Crippen molar-refractivity contribution in [3.8, 4) is 22.3 Å². The molecule has 1 heterocycles. The van der Waals surface area contributed by atoms with Gasteiger partial charge in [-0.05, 0) is 74.1 Å². The number of rotatable bonds is 0. The average molecular weight is 491 g/mol. The van der Waals surface area contributed by atoms with Crippen LogP contribution in [-0.2, 0) is 13.1 Å². The predicted octanol–water partition coefficient (Wildman–Crippen LogP) is 8.91. The second-order valence-corrected chi connectivity index (χ2v) is 10.5. The largest absolute Gasteiger partial charge is 0.370 e. The van der Waals surface area contributed by atoms with Gasteiger partial charge in [0, 0.05) is 49.7 Å². The Balaban J connectivity index is 1.56. The van der Waals surface area contributed by atoms with Gasteiger partial charge >= 0.3 is 0 Å². The van der Waals surface area contributed by atoms with E-state index in [9.17, 15) is 0 Å². The minimum Gasteiger partial charge on any atom is -0.370 e. The highest BCUT2D eigenvalue weighted by Crippen LogP contribution is 2.42. The molecule has 0 amide bonds. The van der Waals surface area contributed by atoms with Gasteiger partial charge in [0.15, 0.2) is 0 Å². The molecule has 1 aliphatic rings. The molecule has 6 aromatic carbocycles. The molecule has 0 atom stereocenters. The number of hydrogen-bond donors (Lipinski definition) is 0. The van der Waals surface area contributed by atoms with Gasteiger partial charge in [0.2, 0.25) is 0 Å². The lowest BCUT2D eigenvalue weighted by Gasteiger charge is -2.27. The van der Waals surface area contributed by atoms with Crippen LogP contribution in [0, 0.1) is 0 Å². The summed E-state index contributed by atoms with van der Waals surface area (Å²) in [7, 11) is 4.43. The maximum Gasteiger partial charge on any atom is 0.0453 e. The minimum absolute atomic E-state index is 0.824. The lowest BCUT2D eigenvalue weighted by molar-refractivity contribution is 0.920. The second-order valence-electron chi connectivity index (χ2n) is 10.5. The number of benzene rings is 6. The third-order valence-corrected chi connectivity index (χ3v) is 7.90. The molecular weight excluding hydrogens is 460 g/mol. The van der Waals surface area contributed by atoms with Gasteiger partial charge in [0.25, 0.3) is 0 Å². The van der Waals surface area contributed by atoms with Crippen molar-refractivity contribution in [2.45, 2.75) is 13.1 Å². The summed E-state index contributed by atoms with van der Waals surface area (Å²) in [6, 6.07) is 44.8. The zero-order valence-corrected chi connectivity index (χ0v) is 21.9. The highest BCUT2D eigenvalue weighted by molar-refractivity contribution is 6.10. The van der Waals surface area contributed by atoms with Crippen LogP contribution in [0.2, 0.25) is 0 Å². The van der Waals surface area contributed by atoms with Crippen LogP contribution in [-0.4, -0.2) is 14.1 Å². The number of nitrogens with zero attached hydrogens (tertiary/aromatic N) is 2. The normalized spacial score (nSPS) is 13.2. The quantitative estimate of drug-likeness (QED) is 0.210. The number of anilines is 2. The smallest absolute Gasteiger partial charge is 0.0453 e. The summed E-state index contributed by atoms with van der Waals surface area (Å²) < 4.78 is 0. The van der Waals surface area contributed by atoms with Crippen LogP contribution in [0.15, 0.2) is 121 Å². The van der Waals surface area contributed by atoms with Crippen LogP contribution in [0.1, 0.15) is 11.1 Å². The summed E-state index contributed by atoms with van der Waals surface area (Å²) in [4.78, 5) is 4.80. The van der Waals surface area contributed by atoms with Crippen LogP contribution in [0.3, 0.4) is 0 Å². The van der Waals surface area contributed by atoms with E-state index in [0.717, 1.165) is 13.1 Å². The molecule has 0 aromatic heterocycles. The number of fused-ring (bicyclic) bond motifs is 12. The summed E-state index contributed by atoms with van der Waals surface area (Å²) in [5.74, 6) is 0. The van der Waals surface area contributed by atoms with Gasteiger partial charge in [-0.2, -0.15) is 0 Å². The zero-order valence-electron chi connectivity index (χ0n) is 21.9. The molecule has 6 aromatic rings. The first-order valence-electron chi connectivity index (χ1n) is 13.3. The van der Waals surface area contributed by atoms with Gasteiger partial charge in [0.05, 0.1) is 0 Å². The second kappa shape index (κ2) is 9.08. The Bertz CT molecular complexity index is 1820. The van der Waals surface area contributed by atoms with Crippen molar-refractivity contribution in [3.05, 3.63) is 132 Å². The standard InChI is InChI=1S/C36H30N2/c1-37-24-26-21-28-12-4-5-14-30(28)33(22-26)36-32-16-6-3-11-27(32)18-19-35(36)38(2)23-25-10-9-13-29(20-25)31-15-7-8-17-34(31)37/h3-22H,23-24H2,1-2H3. The topological polar surface area (TPSA) is 6.48 Å². The Morgan fingerprint density at radius 2 is 1.18 bits per heavy atom. The van der Waals surface area contributed by atoms with Crippen LogP contribution >= 0.6 is 0 Å². The van der Waals surface area contributed by atoms with Gasteiger partial charge < -0.3 is 9.80 Å². The highest BCUT2D eigenvalue weighted by atomic mass is 15.1. The Morgan fingerprint density at radius 3 is 2.08 bits per heavy atom. The molecule has 2 nitrogen and oxygen atoms in total. The predicted molar refractivity (Wildman–Crippen MR) is 163 cm³/mol. The maximum absolute atomic E-state index is 2.42. The van der Waals surface area contributed by atoms with E-state index in [4.69, 9.17) is 0 Å². The van der Waals surface area contributed by atoms with E-state index in [2.05, 4.69) is 145 Å². The molecule has 0 spiro atoms. The van der Waals surface area contributed by atoms with Crippen molar-refractivity contribution >= 4 is 32.9 Å². The lowest BCUT2D eigenvalue weighted by Crippen LogP contribution is -2.19. The van der Waals surface area contributed by atoms with Crippen LogP contribution in [0.25, 0.3) is 43.8 Å². The highest BCUT2D eigenvalue weighted by Gasteiger charge is 2.19. The third kappa shape index (κ3) is 3.81. The van der Waals surface area contributed by atoms with E-state index < -0.39 is 0 Å². The van der Waals surface area contributed by atoms with E-state index >= 15 is 0 Å². The molecular formula is C36H30N2. The molecule has 0 N–H and O–H groups in total. The first-order chi connectivity index (χ1) is 18.7. The van der Waals surface area contributed by atoms with Gasteiger partial charge in [-0.15, -0.1) is 0 Å². The van der Waals surface area contributed by atoms with Crippen LogP contribution in [0.5, 0.6) is 0 Å². The zero-order chi connectivity index (χ0) is 25.6. The molecule has 0 unspecified atom stereocenters. The van der Waals surface area contributed by atoms with Crippen molar-refractivity contribution in [3.63, 3.8) is 0 Å². The van der Waals surface area contributed by atoms with Crippen molar-refractivity contribution in [1.29, 1.82) is 0 Å². The van der Waals surface area contributed by atoms with E-state index in [1.54, 1.807) is 0 Å². The van der Waals surface area contributed by atoms with Crippen molar-refractivity contribution in [2.24, 2.45) is 0 Å². The Morgan fingerprint density at radius 1 is 0.474 bits per heavy atom. The Kier molecular flexibility index (Phi) is 5.40. The summed E-state index contributed by atoms with van der Waals surface area (Å²) in [6.45, 7) is 1.65. The van der Waals surface area contributed by atoms with E-state index in [1.165, 1.54) is 66.3 Å². The monoisotopic (exact) mass is 490 g/mol. The first kappa shape index (κ1) is 22.6.